The SMILES string of the molecule is c1ccc(-c2ccc(-c3cccc(-c4c5ccccc5cc5ccccc45)c3)cc2)cc1. The summed E-state index contributed by atoms with van der Waals surface area (Å²) in [6.45, 7) is 0. The van der Waals surface area contributed by atoms with Crippen LogP contribution in [-0.4, -0.2) is 0 Å². The molecule has 0 aromatic heterocycles. The van der Waals surface area contributed by atoms with Crippen molar-refractivity contribution in [3.63, 3.8) is 0 Å². The van der Waals surface area contributed by atoms with Crippen LogP contribution in [0, 0.1) is 0 Å². The van der Waals surface area contributed by atoms with Crippen LogP contribution in [0.2, 0.25) is 0 Å². The lowest BCUT2D eigenvalue weighted by atomic mass is 9.90. The quantitative estimate of drug-likeness (QED) is 0.257. The normalized spacial score (nSPS) is 11.1. The average Bonchev–Trinajstić information content (AvgIpc) is 2.88. The van der Waals surface area contributed by atoms with Crippen molar-refractivity contribution in [1.29, 1.82) is 0 Å². The Hall–Kier alpha value is -4.16. The van der Waals surface area contributed by atoms with E-state index in [9.17, 15) is 0 Å². The lowest BCUT2D eigenvalue weighted by Crippen LogP contribution is -1.87. The van der Waals surface area contributed by atoms with Gasteiger partial charge in [-0.15, -0.1) is 0 Å². The second-order valence-electron chi connectivity index (χ2n) is 8.22. The van der Waals surface area contributed by atoms with Crippen molar-refractivity contribution in [3.8, 4) is 33.4 Å². The molecule has 6 aromatic rings. The third-order valence-electron chi connectivity index (χ3n) is 6.25. The van der Waals surface area contributed by atoms with Crippen LogP contribution in [0.15, 0.2) is 133 Å². The minimum Gasteiger partial charge on any atom is -0.0622 e. The largest absolute Gasteiger partial charge is 0.0622 e. The van der Waals surface area contributed by atoms with Crippen LogP contribution in [0.3, 0.4) is 0 Å². The van der Waals surface area contributed by atoms with Crippen molar-refractivity contribution in [3.05, 3.63) is 133 Å². The van der Waals surface area contributed by atoms with Gasteiger partial charge >= 0.3 is 0 Å². The summed E-state index contributed by atoms with van der Waals surface area (Å²) in [4.78, 5) is 0. The van der Waals surface area contributed by atoms with Gasteiger partial charge in [-0.3, -0.25) is 0 Å². The Morgan fingerprint density at radius 2 is 0.750 bits per heavy atom. The fourth-order valence-electron chi connectivity index (χ4n) is 4.66. The molecule has 0 saturated carbocycles. The summed E-state index contributed by atoms with van der Waals surface area (Å²) in [7, 11) is 0. The smallest absolute Gasteiger partial charge is 0.00266 e. The fraction of sp³-hybridized carbons (Fsp3) is 0. The van der Waals surface area contributed by atoms with Crippen molar-refractivity contribution in [2.75, 3.05) is 0 Å². The first kappa shape index (κ1) is 18.6. The molecule has 0 unspecified atom stereocenters. The van der Waals surface area contributed by atoms with Crippen LogP contribution in [-0.2, 0) is 0 Å². The molecule has 0 aliphatic heterocycles. The molecule has 0 aliphatic rings. The van der Waals surface area contributed by atoms with Crippen molar-refractivity contribution >= 4 is 21.5 Å². The second-order valence-corrected chi connectivity index (χ2v) is 8.22. The highest BCUT2D eigenvalue weighted by Gasteiger charge is 2.10. The molecule has 150 valence electrons. The van der Waals surface area contributed by atoms with Gasteiger partial charge in [-0.2, -0.15) is 0 Å². The van der Waals surface area contributed by atoms with E-state index in [1.165, 1.54) is 54.9 Å². The molecule has 0 heteroatoms. The third kappa shape index (κ3) is 3.27. The summed E-state index contributed by atoms with van der Waals surface area (Å²) in [5, 5.41) is 5.14. The Kier molecular flexibility index (Phi) is 4.55. The zero-order chi connectivity index (χ0) is 21.3. The third-order valence-corrected chi connectivity index (χ3v) is 6.25. The van der Waals surface area contributed by atoms with Crippen LogP contribution in [0.1, 0.15) is 0 Å². The van der Waals surface area contributed by atoms with Gasteiger partial charge in [0.25, 0.3) is 0 Å². The van der Waals surface area contributed by atoms with Crippen molar-refractivity contribution in [2.24, 2.45) is 0 Å². The number of hydrogen-bond acceptors (Lipinski definition) is 0. The van der Waals surface area contributed by atoms with Gasteiger partial charge < -0.3 is 0 Å². The molecule has 32 heavy (non-hydrogen) atoms. The highest BCUT2D eigenvalue weighted by atomic mass is 14.1. The maximum absolute atomic E-state index is 2.33. The van der Waals surface area contributed by atoms with Crippen molar-refractivity contribution < 1.29 is 0 Å². The van der Waals surface area contributed by atoms with Crippen LogP contribution in [0.5, 0.6) is 0 Å². The Bertz CT molecular complexity index is 1490. The van der Waals surface area contributed by atoms with Crippen molar-refractivity contribution in [2.45, 2.75) is 0 Å². The summed E-state index contributed by atoms with van der Waals surface area (Å²) in [5.41, 5.74) is 7.51. The molecule has 0 radical (unpaired) electrons. The Balaban J connectivity index is 1.49. The molecule has 0 spiro atoms. The predicted molar refractivity (Wildman–Crippen MR) is 138 cm³/mol. The zero-order valence-electron chi connectivity index (χ0n) is 17.7. The van der Waals surface area contributed by atoms with E-state index < -0.39 is 0 Å². The van der Waals surface area contributed by atoms with E-state index in [1.807, 2.05) is 0 Å². The van der Waals surface area contributed by atoms with Crippen LogP contribution in [0.4, 0.5) is 0 Å². The van der Waals surface area contributed by atoms with E-state index >= 15 is 0 Å². The van der Waals surface area contributed by atoms with Gasteiger partial charge in [-0.25, -0.2) is 0 Å². The molecule has 6 aromatic carbocycles. The minimum atomic E-state index is 1.23. The molecule has 0 N–H and O–H groups in total. The van der Waals surface area contributed by atoms with Gasteiger partial charge in [-0.1, -0.05) is 121 Å². The van der Waals surface area contributed by atoms with E-state index in [0.717, 1.165) is 0 Å². The lowest BCUT2D eigenvalue weighted by molar-refractivity contribution is 1.59. The summed E-state index contributed by atoms with van der Waals surface area (Å²) >= 11 is 0. The maximum atomic E-state index is 2.33. The van der Waals surface area contributed by atoms with E-state index in [-0.39, 0.29) is 0 Å². The molecular formula is C32H22. The monoisotopic (exact) mass is 406 g/mol. The first-order valence-electron chi connectivity index (χ1n) is 11.0. The van der Waals surface area contributed by atoms with Crippen LogP contribution >= 0.6 is 0 Å². The fourth-order valence-corrected chi connectivity index (χ4v) is 4.66. The molecule has 0 aliphatic carbocycles. The van der Waals surface area contributed by atoms with Gasteiger partial charge in [0.1, 0.15) is 0 Å². The number of benzene rings is 6. The molecule has 0 heterocycles. The zero-order valence-corrected chi connectivity index (χ0v) is 17.7. The second kappa shape index (κ2) is 7.83. The Morgan fingerprint density at radius 3 is 1.41 bits per heavy atom. The van der Waals surface area contributed by atoms with Gasteiger partial charge in [0, 0.05) is 0 Å². The molecule has 6 rings (SSSR count). The molecule has 0 fully saturated rings. The van der Waals surface area contributed by atoms with Gasteiger partial charge in [0.2, 0.25) is 0 Å². The number of fused-ring (bicyclic) bond motifs is 2. The Labute approximate surface area is 188 Å². The molecular weight excluding hydrogens is 384 g/mol. The van der Waals surface area contributed by atoms with Crippen LogP contribution in [0.25, 0.3) is 54.9 Å². The highest BCUT2D eigenvalue weighted by Crippen LogP contribution is 2.38. The molecule has 0 bridgehead atoms. The summed E-state index contributed by atoms with van der Waals surface area (Å²) < 4.78 is 0. The standard InChI is InChI=1S/C32H22/c1-2-9-23(10-3-1)24-17-19-25(20-18-24)26-13-8-14-29(21-26)32-30-15-6-4-11-27(30)22-28-12-5-7-16-31(28)32/h1-22H. The average molecular weight is 407 g/mol. The van der Waals surface area contributed by atoms with E-state index in [0.29, 0.717) is 0 Å². The first-order chi connectivity index (χ1) is 15.9. The molecule has 0 saturated heterocycles. The summed E-state index contributed by atoms with van der Waals surface area (Å²) in [5.74, 6) is 0. The number of hydrogen-bond donors (Lipinski definition) is 0. The van der Waals surface area contributed by atoms with E-state index in [4.69, 9.17) is 0 Å². The first-order valence-corrected chi connectivity index (χ1v) is 11.0. The molecule has 0 amide bonds. The van der Waals surface area contributed by atoms with Gasteiger partial charge in [0.05, 0.1) is 0 Å². The van der Waals surface area contributed by atoms with Gasteiger partial charge in [0.15, 0.2) is 0 Å². The molecule has 0 nitrogen and oxygen atoms in total. The van der Waals surface area contributed by atoms with Gasteiger partial charge in [-0.05, 0) is 67.1 Å². The topological polar surface area (TPSA) is 0 Å². The van der Waals surface area contributed by atoms with E-state index in [2.05, 4.69) is 133 Å². The summed E-state index contributed by atoms with van der Waals surface area (Å²) in [6.07, 6.45) is 0. The number of rotatable bonds is 3. The highest BCUT2D eigenvalue weighted by molar-refractivity contribution is 6.12. The molecule has 0 atom stereocenters. The minimum absolute atomic E-state index is 1.23. The summed E-state index contributed by atoms with van der Waals surface area (Å²) in [6, 6.07) is 48.0. The van der Waals surface area contributed by atoms with Crippen molar-refractivity contribution in [1.82, 2.24) is 0 Å². The lowest BCUT2D eigenvalue weighted by Gasteiger charge is -2.13. The predicted octanol–water partition coefficient (Wildman–Crippen LogP) is 8.99. The Morgan fingerprint density at radius 1 is 0.281 bits per heavy atom. The maximum Gasteiger partial charge on any atom is -0.00266 e. The van der Waals surface area contributed by atoms with Crippen LogP contribution < -0.4 is 0 Å². The van der Waals surface area contributed by atoms with E-state index in [1.54, 1.807) is 0 Å².